The van der Waals surface area contributed by atoms with Gasteiger partial charge >= 0.3 is 0 Å². The lowest BCUT2D eigenvalue weighted by Gasteiger charge is -2.20. The smallest absolute Gasteiger partial charge is 0.240 e. The molecule has 0 radical (unpaired) electrons. The van der Waals surface area contributed by atoms with E-state index in [1.54, 1.807) is 0 Å². The molecule has 2 fully saturated rings. The quantitative estimate of drug-likeness (QED) is 0.825. The lowest BCUT2D eigenvalue weighted by atomic mass is 9.96. The molecule has 3 atom stereocenters. The van der Waals surface area contributed by atoms with Gasteiger partial charge in [0.05, 0.1) is 28.8 Å². The number of anilines is 1. The minimum Gasteiger partial charge on any atom is -0.396 e. The number of sulfonamides is 1. The monoisotopic (exact) mass is 300 g/mol. The van der Waals surface area contributed by atoms with Crippen molar-refractivity contribution in [1.29, 1.82) is 0 Å². The zero-order valence-corrected chi connectivity index (χ0v) is 11.9. The number of ether oxygens (including phenoxy) is 1. The van der Waals surface area contributed by atoms with E-state index in [4.69, 9.17) is 10.5 Å². The van der Waals surface area contributed by atoms with Gasteiger partial charge in [0, 0.05) is 0 Å². The molecule has 110 valence electrons. The lowest BCUT2D eigenvalue weighted by Crippen LogP contribution is -2.41. The summed E-state index contributed by atoms with van der Waals surface area (Å²) in [5.41, 5.74) is 5.55. The van der Waals surface area contributed by atoms with Crippen molar-refractivity contribution in [2.75, 3.05) is 5.73 Å². The molecule has 2 aliphatic rings. The predicted octanol–water partition coefficient (Wildman–Crippen LogP) is 1.31. The van der Waals surface area contributed by atoms with Crippen LogP contribution in [-0.4, -0.2) is 26.7 Å². The van der Waals surface area contributed by atoms with Crippen molar-refractivity contribution in [1.82, 2.24) is 4.72 Å². The van der Waals surface area contributed by atoms with E-state index in [1.807, 2.05) is 0 Å². The first-order valence-electron chi connectivity index (χ1n) is 6.60. The fraction of sp³-hybridized carbons (Fsp3) is 0.538. The molecular weight excluding hydrogens is 283 g/mol. The average molecular weight is 300 g/mol. The predicted molar refractivity (Wildman–Crippen MR) is 72.2 cm³/mol. The maximum absolute atomic E-state index is 13.5. The van der Waals surface area contributed by atoms with Gasteiger partial charge in [0.25, 0.3) is 0 Å². The molecule has 0 amide bonds. The summed E-state index contributed by atoms with van der Waals surface area (Å²) in [5, 5.41) is 0. The van der Waals surface area contributed by atoms with Crippen molar-refractivity contribution in [3.63, 3.8) is 0 Å². The second kappa shape index (κ2) is 4.68. The zero-order valence-electron chi connectivity index (χ0n) is 11.1. The highest BCUT2D eigenvalue weighted by molar-refractivity contribution is 7.89. The molecule has 0 spiro atoms. The Morgan fingerprint density at radius 3 is 2.70 bits per heavy atom. The van der Waals surface area contributed by atoms with E-state index < -0.39 is 15.8 Å². The summed E-state index contributed by atoms with van der Waals surface area (Å²) in [6, 6.07) is 2.24. The first-order chi connectivity index (χ1) is 9.37. The average Bonchev–Trinajstić information content (AvgIpc) is 2.96. The van der Waals surface area contributed by atoms with Crippen molar-refractivity contribution in [3.05, 3.63) is 23.5 Å². The summed E-state index contributed by atoms with van der Waals surface area (Å²) in [5.74, 6) is -0.577. The van der Waals surface area contributed by atoms with Crippen molar-refractivity contribution in [2.24, 2.45) is 0 Å². The van der Waals surface area contributed by atoms with Crippen LogP contribution in [0.15, 0.2) is 17.0 Å². The third-order valence-electron chi connectivity index (χ3n) is 3.98. The number of hydrogen-bond donors (Lipinski definition) is 2. The van der Waals surface area contributed by atoms with Crippen LogP contribution in [0.1, 0.15) is 24.8 Å². The van der Waals surface area contributed by atoms with Crippen molar-refractivity contribution < 1.29 is 17.5 Å². The lowest BCUT2D eigenvalue weighted by molar-refractivity contribution is 0.0996. The molecular formula is C13H17FN2O3S. The Bertz CT molecular complexity index is 624. The summed E-state index contributed by atoms with van der Waals surface area (Å²) in [4.78, 5) is -0.00308. The molecule has 2 aliphatic heterocycles. The molecule has 0 aromatic heterocycles. The van der Waals surface area contributed by atoms with Crippen molar-refractivity contribution in [2.45, 2.75) is 49.3 Å². The Morgan fingerprint density at radius 2 is 2.15 bits per heavy atom. The van der Waals surface area contributed by atoms with Gasteiger partial charge in [-0.05, 0) is 43.9 Å². The normalized spacial score (nSPS) is 29.0. The molecule has 2 saturated heterocycles. The summed E-state index contributed by atoms with van der Waals surface area (Å²) in [7, 11) is -3.70. The highest BCUT2D eigenvalue weighted by Crippen LogP contribution is 2.35. The van der Waals surface area contributed by atoms with E-state index >= 15 is 0 Å². The van der Waals surface area contributed by atoms with Crippen LogP contribution >= 0.6 is 0 Å². The van der Waals surface area contributed by atoms with Crippen LogP contribution in [0.2, 0.25) is 0 Å². The van der Waals surface area contributed by atoms with E-state index in [0.29, 0.717) is 6.42 Å². The van der Waals surface area contributed by atoms with Gasteiger partial charge in [-0.15, -0.1) is 0 Å². The molecule has 3 unspecified atom stereocenters. The topological polar surface area (TPSA) is 81.4 Å². The van der Waals surface area contributed by atoms with Gasteiger partial charge in [0.15, 0.2) is 0 Å². The van der Waals surface area contributed by atoms with Crippen LogP contribution in [0.4, 0.5) is 10.1 Å². The number of aryl methyl sites for hydroxylation is 1. The third-order valence-corrected chi connectivity index (χ3v) is 5.45. The van der Waals surface area contributed by atoms with Gasteiger partial charge in [0.2, 0.25) is 10.0 Å². The van der Waals surface area contributed by atoms with E-state index in [1.165, 1.54) is 13.0 Å². The van der Waals surface area contributed by atoms with Gasteiger partial charge in [-0.25, -0.2) is 17.5 Å². The van der Waals surface area contributed by atoms with Gasteiger partial charge in [-0.1, -0.05) is 0 Å². The van der Waals surface area contributed by atoms with E-state index in [2.05, 4.69) is 4.72 Å². The highest BCUT2D eigenvalue weighted by atomic mass is 32.2. The van der Waals surface area contributed by atoms with Gasteiger partial charge in [-0.2, -0.15) is 0 Å². The third kappa shape index (κ3) is 2.30. The van der Waals surface area contributed by atoms with Crippen molar-refractivity contribution >= 4 is 15.7 Å². The first kappa shape index (κ1) is 13.8. The zero-order chi connectivity index (χ0) is 14.5. The number of nitrogens with one attached hydrogen (secondary N) is 1. The van der Waals surface area contributed by atoms with Crippen molar-refractivity contribution in [3.8, 4) is 0 Å². The number of fused-ring (bicyclic) bond motifs is 2. The molecule has 0 aliphatic carbocycles. The molecule has 0 saturated carbocycles. The van der Waals surface area contributed by atoms with Gasteiger partial charge < -0.3 is 10.5 Å². The summed E-state index contributed by atoms with van der Waals surface area (Å²) < 4.78 is 46.4. The Morgan fingerprint density at radius 1 is 1.40 bits per heavy atom. The maximum Gasteiger partial charge on any atom is 0.240 e. The minimum atomic E-state index is -3.70. The minimum absolute atomic E-state index is 0.00308. The summed E-state index contributed by atoms with van der Waals surface area (Å²) >= 11 is 0. The van der Waals surface area contributed by atoms with Crippen LogP contribution in [0.25, 0.3) is 0 Å². The molecule has 3 rings (SSSR count). The second-order valence-electron chi connectivity index (χ2n) is 5.48. The molecule has 2 heterocycles. The SMILES string of the molecule is Cc1cc(S(=O)(=O)NC2CC3CCC2O3)cc(N)c1F. The standard InChI is InChI=1S/C13H17FN2O3S/c1-7-4-9(6-10(15)13(7)14)20(17,18)16-11-5-8-2-3-12(11)19-8/h4,6,8,11-12,16H,2-3,5,15H2,1H3. The number of nitrogen functional groups attached to an aromatic ring is 1. The largest absolute Gasteiger partial charge is 0.396 e. The summed E-state index contributed by atoms with van der Waals surface area (Å²) in [6.45, 7) is 1.49. The Hall–Kier alpha value is -1.18. The maximum atomic E-state index is 13.5. The highest BCUT2D eigenvalue weighted by Gasteiger charge is 2.42. The molecule has 1 aromatic carbocycles. The first-order valence-corrected chi connectivity index (χ1v) is 8.08. The summed E-state index contributed by atoms with van der Waals surface area (Å²) in [6.07, 6.45) is 2.68. The van der Waals surface area contributed by atoms with Crippen LogP contribution in [-0.2, 0) is 14.8 Å². The van der Waals surface area contributed by atoms with Crippen LogP contribution in [0.3, 0.4) is 0 Å². The molecule has 7 heteroatoms. The van der Waals surface area contributed by atoms with E-state index in [0.717, 1.165) is 18.9 Å². The Labute approximate surface area is 117 Å². The Balaban J connectivity index is 1.85. The number of nitrogens with two attached hydrogens (primary N) is 1. The Kier molecular flexibility index (Phi) is 3.23. The van der Waals surface area contributed by atoms with Gasteiger partial charge in [0.1, 0.15) is 5.82 Å². The molecule has 5 nitrogen and oxygen atoms in total. The molecule has 3 N–H and O–H groups in total. The molecule has 20 heavy (non-hydrogen) atoms. The van der Waals surface area contributed by atoms with Crippen LogP contribution in [0, 0.1) is 12.7 Å². The van der Waals surface area contributed by atoms with Gasteiger partial charge in [-0.3, -0.25) is 0 Å². The van der Waals surface area contributed by atoms with Crippen LogP contribution in [0.5, 0.6) is 0 Å². The van der Waals surface area contributed by atoms with E-state index in [9.17, 15) is 12.8 Å². The number of hydrogen-bond acceptors (Lipinski definition) is 4. The van der Waals surface area contributed by atoms with E-state index in [-0.39, 0.29) is 34.4 Å². The molecule has 1 aromatic rings. The van der Waals surface area contributed by atoms with Crippen LogP contribution < -0.4 is 10.5 Å². The fourth-order valence-electron chi connectivity index (χ4n) is 2.95. The number of benzene rings is 1. The molecule has 2 bridgehead atoms. The fourth-order valence-corrected chi connectivity index (χ4v) is 4.34. The number of halogens is 1. The number of rotatable bonds is 3. The second-order valence-corrected chi connectivity index (χ2v) is 7.19.